The first-order valence-electron chi connectivity index (χ1n) is 5.49. The topological polar surface area (TPSA) is 42.1 Å². The van der Waals surface area contributed by atoms with Crippen LogP contribution in [0.3, 0.4) is 0 Å². The summed E-state index contributed by atoms with van der Waals surface area (Å²) >= 11 is 0. The van der Waals surface area contributed by atoms with Crippen molar-refractivity contribution in [2.24, 2.45) is 0 Å². The van der Waals surface area contributed by atoms with Gasteiger partial charge < -0.3 is 9.72 Å². The van der Waals surface area contributed by atoms with Gasteiger partial charge in [0, 0.05) is 12.1 Å². The van der Waals surface area contributed by atoms with Gasteiger partial charge in [0.05, 0.1) is 12.8 Å². The highest BCUT2D eigenvalue weighted by Gasteiger charge is 2.05. The molecule has 0 saturated carbocycles. The number of nitrogens with one attached hydrogen (secondary N) is 1. The monoisotopic (exact) mass is 229 g/mol. The number of aromatic amines is 1. The van der Waals surface area contributed by atoms with E-state index in [9.17, 15) is 4.79 Å². The summed E-state index contributed by atoms with van der Waals surface area (Å²) in [5, 5.41) is 0. The lowest BCUT2D eigenvalue weighted by Crippen LogP contribution is -1.95. The van der Waals surface area contributed by atoms with Gasteiger partial charge in [-0.1, -0.05) is 12.1 Å². The summed E-state index contributed by atoms with van der Waals surface area (Å²) in [6, 6.07) is 9.82. The Morgan fingerprint density at radius 1 is 1.29 bits per heavy atom. The first kappa shape index (κ1) is 11.5. The van der Waals surface area contributed by atoms with Gasteiger partial charge in [-0.05, 0) is 36.2 Å². The molecule has 0 fully saturated rings. The minimum Gasteiger partial charge on any atom is -0.496 e. The quantitative estimate of drug-likeness (QED) is 0.819. The number of aldehydes is 1. The Balaban J connectivity index is 2.25. The standard InChI is InChI=1S/C14H15NO2/c1-10-3-4-11(14(7-10)17-2)8-12-5-6-13(9-16)15-12/h3-7,9,15H,8H2,1-2H3. The fourth-order valence-electron chi connectivity index (χ4n) is 1.83. The Labute approximate surface area is 100 Å². The molecule has 0 aliphatic rings. The Bertz CT molecular complexity index is 529. The molecule has 17 heavy (non-hydrogen) atoms. The minimum absolute atomic E-state index is 0.603. The van der Waals surface area contributed by atoms with E-state index in [1.807, 2.05) is 19.1 Å². The van der Waals surface area contributed by atoms with E-state index in [-0.39, 0.29) is 0 Å². The van der Waals surface area contributed by atoms with Crippen LogP contribution in [0.2, 0.25) is 0 Å². The molecule has 0 amide bonds. The maximum Gasteiger partial charge on any atom is 0.166 e. The van der Waals surface area contributed by atoms with E-state index >= 15 is 0 Å². The first-order chi connectivity index (χ1) is 8.22. The second-order valence-corrected chi connectivity index (χ2v) is 4.05. The predicted molar refractivity (Wildman–Crippen MR) is 66.7 cm³/mol. The molecule has 3 nitrogen and oxygen atoms in total. The first-order valence-corrected chi connectivity index (χ1v) is 5.49. The van der Waals surface area contributed by atoms with Crippen molar-refractivity contribution >= 4 is 6.29 Å². The molecule has 0 saturated heterocycles. The summed E-state index contributed by atoms with van der Waals surface area (Å²) in [4.78, 5) is 13.6. The van der Waals surface area contributed by atoms with Crippen LogP contribution >= 0.6 is 0 Å². The molecule has 1 aromatic carbocycles. The molecule has 2 rings (SSSR count). The number of aryl methyl sites for hydroxylation is 1. The second kappa shape index (κ2) is 4.87. The molecule has 2 aromatic rings. The second-order valence-electron chi connectivity index (χ2n) is 4.05. The molecule has 0 aliphatic heterocycles. The van der Waals surface area contributed by atoms with Crippen molar-refractivity contribution in [3.63, 3.8) is 0 Å². The lowest BCUT2D eigenvalue weighted by molar-refractivity contribution is 0.111. The molecule has 0 bridgehead atoms. The maximum atomic E-state index is 10.6. The summed E-state index contributed by atoms with van der Waals surface area (Å²) in [5.41, 5.74) is 3.89. The van der Waals surface area contributed by atoms with Crippen LogP contribution in [0.25, 0.3) is 0 Å². The molecule has 1 heterocycles. The van der Waals surface area contributed by atoms with Crippen LogP contribution in [-0.2, 0) is 6.42 Å². The fourth-order valence-corrected chi connectivity index (χ4v) is 1.83. The average Bonchev–Trinajstić information content (AvgIpc) is 2.79. The van der Waals surface area contributed by atoms with Gasteiger partial charge in [-0.3, -0.25) is 4.79 Å². The third-order valence-corrected chi connectivity index (χ3v) is 2.72. The zero-order valence-electron chi connectivity index (χ0n) is 9.99. The van der Waals surface area contributed by atoms with E-state index < -0.39 is 0 Å². The molecular formula is C14H15NO2. The Morgan fingerprint density at radius 3 is 2.76 bits per heavy atom. The number of H-pyrrole nitrogens is 1. The Hall–Kier alpha value is -2.03. The Morgan fingerprint density at radius 2 is 2.12 bits per heavy atom. The third-order valence-electron chi connectivity index (χ3n) is 2.72. The van der Waals surface area contributed by atoms with Crippen molar-refractivity contribution in [1.29, 1.82) is 0 Å². The highest BCUT2D eigenvalue weighted by molar-refractivity contribution is 5.72. The Kier molecular flexibility index (Phi) is 3.28. The van der Waals surface area contributed by atoms with Crippen LogP contribution < -0.4 is 4.74 Å². The van der Waals surface area contributed by atoms with E-state index in [0.29, 0.717) is 5.69 Å². The van der Waals surface area contributed by atoms with Crippen LogP contribution in [0, 0.1) is 6.92 Å². The van der Waals surface area contributed by atoms with Crippen LogP contribution in [-0.4, -0.2) is 18.4 Å². The number of carbonyl (C=O) groups is 1. The molecule has 0 radical (unpaired) electrons. The maximum absolute atomic E-state index is 10.6. The van der Waals surface area contributed by atoms with Crippen LogP contribution in [0.15, 0.2) is 30.3 Å². The van der Waals surface area contributed by atoms with Gasteiger partial charge in [-0.15, -0.1) is 0 Å². The zero-order chi connectivity index (χ0) is 12.3. The SMILES string of the molecule is COc1cc(C)ccc1Cc1ccc(C=O)[nH]1. The molecule has 0 spiro atoms. The van der Waals surface area contributed by atoms with Crippen molar-refractivity contribution in [3.8, 4) is 5.75 Å². The third kappa shape index (κ3) is 2.56. The molecule has 1 N–H and O–H groups in total. The molecular weight excluding hydrogens is 214 g/mol. The summed E-state index contributed by atoms with van der Waals surface area (Å²) in [6.07, 6.45) is 1.55. The average molecular weight is 229 g/mol. The van der Waals surface area contributed by atoms with Crippen molar-refractivity contribution in [1.82, 2.24) is 4.98 Å². The normalized spacial score (nSPS) is 10.2. The minimum atomic E-state index is 0.603. The van der Waals surface area contributed by atoms with Crippen molar-refractivity contribution in [2.75, 3.05) is 7.11 Å². The summed E-state index contributed by atoms with van der Waals surface area (Å²) in [5.74, 6) is 0.882. The largest absolute Gasteiger partial charge is 0.496 e. The number of carbonyl (C=O) groups excluding carboxylic acids is 1. The number of aromatic nitrogens is 1. The van der Waals surface area contributed by atoms with E-state index in [1.165, 1.54) is 5.56 Å². The van der Waals surface area contributed by atoms with Gasteiger partial charge in [0.25, 0.3) is 0 Å². The number of hydrogen-bond donors (Lipinski definition) is 1. The fraction of sp³-hybridized carbons (Fsp3) is 0.214. The number of rotatable bonds is 4. The smallest absolute Gasteiger partial charge is 0.166 e. The zero-order valence-corrected chi connectivity index (χ0v) is 9.99. The lowest BCUT2D eigenvalue weighted by atomic mass is 10.1. The summed E-state index contributed by atoms with van der Waals surface area (Å²) in [6.45, 7) is 2.03. The van der Waals surface area contributed by atoms with Gasteiger partial charge >= 0.3 is 0 Å². The van der Waals surface area contributed by atoms with E-state index in [1.54, 1.807) is 13.2 Å². The molecule has 0 unspecified atom stereocenters. The lowest BCUT2D eigenvalue weighted by Gasteiger charge is -2.08. The number of methoxy groups -OCH3 is 1. The van der Waals surface area contributed by atoms with Gasteiger partial charge in [-0.25, -0.2) is 0 Å². The van der Waals surface area contributed by atoms with E-state index in [2.05, 4.69) is 17.1 Å². The van der Waals surface area contributed by atoms with Gasteiger partial charge in [0.2, 0.25) is 0 Å². The van der Waals surface area contributed by atoms with Crippen LogP contribution in [0.1, 0.15) is 27.3 Å². The van der Waals surface area contributed by atoms with Crippen molar-refractivity contribution in [2.45, 2.75) is 13.3 Å². The van der Waals surface area contributed by atoms with Crippen LogP contribution in [0.4, 0.5) is 0 Å². The molecule has 0 aliphatic carbocycles. The highest BCUT2D eigenvalue weighted by atomic mass is 16.5. The molecule has 1 aromatic heterocycles. The number of hydrogen-bond acceptors (Lipinski definition) is 2. The molecule has 88 valence electrons. The molecule has 0 atom stereocenters. The number of benzene rings is 1. The number of ether oxygens (including phenoxy) is 1. The predicted octanol–water partition coefficient (Wildman–Crippen LogP) is 2.74. The molecule has 3 heteroatoms. The van der Waals surface area contributed by atoms with Crippen LogP contribution in [0.5, 0.6) is 5.75 Å². The van der Waals surface area contributed by atoms with Crippen molar-refractivity contribution in [3.05, 3.63) is 52.8 Å². The van der Waals surface area contributed by atoms with E-state index in [4.69, 9.17) is 4.74 Å². The van der Waals surface area contributed by atoms with Gasteiger partial charge in [0.1, 0.15) is 5.75 Å². The van der Waals surface area contributed by atoms with E-state index in [0.717, 1.165) is 29.7 Å². The van der Waals surface area contributed by atoms with Crippen molar-refractivity contribution < 1.29 is 9.53 Å². The van der Waals surface area contributed by atoms with Gasteiger partial charge in [-0.2, -0.15) is 0 Å². The summed E-state index contributed by atoms with van der Waals surface area (Å²) < 4.78 is 5.35. The highest BCUT2D eigenvalue weighted by Crippen LogP contribution is 2.22. The summed E-state index contributed by atoms with van der Waals surface area (Å²) in [7, 11) is 1.67. The van der Waals surface area contributed by atoms with Gasteiger partial charge in [0.15, 0.2) is 6.29 Å².